The van der Waals surface area contributed by atoms with Crippen LogP contribution < -0.4 is 0 Å². The Bertz CT molecular complexity index is 637. The number of carbonyl (C=O) groups is 2. The fourth-order valence-corrected chi connectivity index (χ4v) is 2.01. The monoisotopic (exact) mass is 314 g/mol. The Morgan fingerprint density at radius 2 is 1.74 bits per heavy atom. The molecule has 0 saturated heterocycles. The summed E-state index contributed by atoms with van der Waals surface area (Å²) >= 11 is 0. The summed E-state index contributed by atoms with van der Waals surface area (Å²) in [6, 6.07) is 9.57. The molecule has 0 amide bonds. The summed E-state index contributed by atoms with van der Waals surface area (Å²) in [6.07, 6.45) is 7.19. The third-order valence-corrected chi connectivity index (χ3v) is 3.35. The van der Waals surface area contributed by atoms with Crippen LogP contribution in [-0.2, 0) is 9.59 Å². The molecule has 122 valence electrons. The lowest BCUT2D eigenvalue weighted by molar-refractivity contribution is -0.132. The average molecular weight is 314 g/mol. The first-order valence-electron chi connectivity index (χ1n) is 7.56. The zero-order chi connectivity index (χ0) is 17.2. The summed E-state index contributed by atoms with van der Waals surface area (Å²) in [5.74, 6) is -2.24. The predicted molar refractivity (Wildman–Crippen MR) is 91.1 cm³/mol. The normalized spacial score (nSPS) is 13.0. The van der Waals surface area contributed by atoms with Crippen LogP contribution >= 0.6 is 0 Å². The fourth-order valence-electron chi connectivity index (χ4n) is 2.01. The van der Waals surface area contributed by atoms with E-state index in [0.29, 0.717) is 12.0 Å². The van der Waals surface area contributed by atoms with E-state index in [-0.39, 0.29) is 11.1 Å². The van der Waals surface area contributed by atoms with Crippen molar-refractivity contribution in [3.05, 3.63) is 64.8 Å². The molecule has 23 heavy (non-hydrogen) atoms. The molecule has 0 spiro atoms. The van der Waals surface area contributed by atoms with Gasteiger partial charge in [0.2, 0.25) is 0 Å². The van der Waals surface area contributed by atoms with E-state index in [9.17, 15) is 14.7 Å². The molecule has 2 N–H and O–H groups in total. The second kappa shape index (κ2) is 9.41. The average Bonchev–Trinajstić information content (AvgIpc) is 2.53. The molecule has 0 heterocycles. The Labute approximate surface area is 136 Å². The first-order valence-corrected chi connectivity index (χ1v) is 7.56. The van der Waals surface area contributed by atoms with E-state index in [2.05, 4.69) is 0 Å². The van der Waals surface area contributed by atoms with Crippen molar-refractivity contribution in [1.29, 1.82) is 0 Å². The van der Waals surface area contributed by atoms with Gasteiger partial charge in [0.15, 0.2) is 0 Å². The summed E-state index contributed by atoms with van der Waals surface area (Å²) in [5.41, 5.74) is 1.63. The van der Waals surface area contributed by atoms with Crippen molar-refractivity contribution in [1.82, 2.24) is 0 Å². The van der Waals surface area contributed by atoms with Gasteiger partial charge in [-0.25, -0.2) is 9.59 Å². The molecule has 4 heteroatoms. The second-order valence-electron chi connectivity index (χ2n) is 5.22. The number of unbranched alkanes of at least 4 members (excludes halogenated alkanes) is 1. The maximum absolute atomic E-state index is 11.5. The number of rotatable bonds is 8. The molecule has 0 atom stereocenters. The lowest BCUT2D eigenvalue weighted by atomic mass is 9.99. The minimum absolute atomic E-state index is 0.00418. The third-order valence-electron chi connectivity index (χ3n) is 3.35. The van der Waals surface area contributed by atoms with Crippen LogP contribution in [0.15, 0.2) is 59.2 Å². The topological polar surface area (TPSA) is 74.6 Å². The van der Waals surface area contributed by atoms with Crippen molar-refractivity contribution in [2.45, 2.75) is 33.1 Å². The Morgan fingerprint density at radius 1 is 1.09 bits per heavy atom. The van der Waals surface area contributed by atoms with Gasteiger partial charge >= 0.3 is 11.9 Å². The van der Waals surface area contributed by atoms with Gasteiger partial charge in [0.25, 0.3) is 0 Å². The van der Waals surface area contributed by atoms with E-state index < -0.39 is 11.9 Å². The zero-order valence-corrected chi connectivity index (χ0v) is 13.5. The molecule has 0 aliphatic carbocycles. The molecule has 0 unspecified atom stereocenters. The lowest BCUT2D eigenvalue weighted by Gasteiger charge is -2.07. The molecular formula is C19H22O4. The Hall–Kier alpha value is -2.62. The Morgan fingerprint density at radius 3 is 2.26 bits per heavy atom. The molecule has 0 bridgehead atoms. The van der Waals surface area contributed by atoms with E-state index in [0.717, 1.165) is 18.4 Å². The molecule has 0 aliphatic rings. The summed E-state index contributed by atoms with van der Waals surface area (Å²) in [4.78, 5) is 22.5. The van der Waals surface area contributed by atoms with Gasteiger partial charge in [-0.3, -0.25) is 0 Å². The second-order valence-corrected chi connectivity index (χ2v) is 5.22. The van der Waals surface area contributed by atoms with Crippen LogP contribution in [0, 0.1) is 0 Å². The SMILES string of the molecule is CCCCC(C=Cc1ccccc1)=C(C=C(C)C(=O)O)C(=O)O. The number of hydrogen-bond donors (Lipinski definition) is 2. The van der Waals surface area contributed by atoms with E-state index in [4.69, 9.17) is 5.11 Å². The maximum atomic E-state index is 11.5. The van der Waals surface area contributed by atoms with Crippen molar-refractivity contribution < 1.29 is 19.8 Å². The number of hydrogen-bond acceptors (Lipinski definition) is 2. The number of allylic oxidation sites excluding steroid dienone is 2. The predicted octanol–water partition coefficient (Wildman–Crippen LogP) is 4.30. The number of aliphatic carboxylic acids is 2. The summed E-state index contributed by atoms with van der Waals surface area (Å²) in [5, 5.41) is 18.4. The van der Waals surface area contributed by atoms with Gasteiger partial charge in [-0.1, -0.05) is 55.8 Å². The molecule has 1 rings (SSSR count). The van der Waals surface area contributed by atoms with E-state index in [1.807, 2.05) is 43.3 Å². The van der Waals surface area contributed by atoms with Crippen molar-refractivity contribution in [3.63, 3.8) is 0 Å². The standard InChI is InChI=1S/C19H22O4/c1-3-4-10-16(12-11-15-8-6-5-7-9-15)17(19(22)23)13-14(2)18(20)21/h5-9,11-13H,3-4,10H2,1-2H3,(H,20,21)(H,22,23). The highest BCUT2D eigenvalue weighted by Gasteiger charge is 2.12. The van der Waals surface area contributed by atoms with Crippen LogP contribution in [-0.4, -0.2) is 22.2 Å². The Kier molecular flexibility index (Phi) is 7.54. The molecule has 0 aliphatic heterocycles. The molecule has 0 saturated carbocycles. The van der Waals surface area contributed by atoms with Crippen LogP contribution in [0.5, 0.6) is 0 Å². The van der Waals surface area contributed by atoms with E-state index in [1.165, 1.54) is 13.0 Å². The summed E-state index contributed by atoms with van der Waals surface area (Å²) in [6.45, 7) is 3.42. The molecular weight excluding hydrogens is 292 g/mol. The minimum atomic E-state index is -1.12. The molecule has 4 nitrogen and oxygen atoms in total. The van der Waals surface area contributed by atoms with Crippen LogP contribution in [0.1, 0.15) is 38.7 Å². The van der Waals surface area contributed by atoms with Crippen molar-refractivity contribution in [3.8, 4) is 0 Å². The summed E-state index contributed by atoms with van der Waals surface area (Å²) in [7, 11) is 0. The van der Waals surface area contributed by atoms with Crippen LogP contribution in [0.3, 0.4) is 0 Å². The van der Waals surface area contributed by atoms with Gasteiger partial charge in [-0.15, -0.1) is 0 Å². The lowest BCUT2D eigenvalue weighted by Crippen LogP contribution is -2.05. The highest BCUT2D eigenvalue weighted by atomic mass is 16.4. The quantitative estimate of drug-likeness (QED) is 0.554. The third kappa shape index (κ3) is 6.34. The van der Waals surface area contributed by atoms with Gasteiger partial charge < -0.3 is 10.2 Å². The van der Waals surface area contributed by atoms with Gasteiger partial charge in [0.05, 0.1) is 5.57 Å². The van der Waals surface area contributed by atoms with E-state index in [1.54, 1.807) is 6.08 Å². The maximum Gasteiger partial charge on any atom is 0.335 e. The first-order chi connectivity index (χ1) is 11.0. The largest absolute Gasteiger partial charge is 0.478 e. The number of carboxylic acid groups (broad SMARTS) is 2. The fraction of sp³-hybridized carbons (Fsp3) is 0.263. The molecule has 1 aromatic rings. The zero-order valence-electron chi connectivity index (χ0n) is 13.5. The highest BCUT2D eigenvalue weighted by molar-refractivity contribution is 5.95. The molecule has 1 aromatic carbocycles. The molecule has 0 fully saturated rings. The van der Waals surface area contributed by atoms with Crippen LogP contribution in [0.2, 0.25) is 0 Å². The van der Waals surface area contributed by atoms with Gasteiger partial charge in [-0.2, -0.15) is 0 Å². The van der Waals surface area contributed by atoms with Gasteiger partial charge in [0.1, 0.15) is 0 Å². The number of carboxylic acids is 2. The van der Waals surface area contributed by atoms with Crippen molar-refractivity contribution in [2.24, 2.45) is 0 Å². The molecule has 0 aromatic heterocycles. The Balaban J connectivity index is 3.27. The van der Waals surface area contributed by atoms with Crippen molar-refractivity contribution >= 4 is 18.0 Å². The minimum Gasteiger partial charge on any atom is -0.478 e. The highest BCUT2D eigenvalue weighted by Crippen LogP contribution is 2.19. The first kappa shape index (κ1) is 18.4. The van der Waals surface area contributed by atoms with Crippen LogP contribution in [0.4, 0.5) is 0 Å². The summed E-state index contributed by atoms with van der Waals surface area (Å²) < 4.78 is 0. The molecule has 0 radical (unpaired) electrons. The van der Waals surface area contributed by atoms with E-state index >= 15 is 0 Å². The smallest absolute Gasteiger partial charge is 0.335 e. The van der Waals surface area contributed by atoms with Gasteiger partial charge in [-0.05, 0) is 37.0 Å². The number of benzene rings is 1. The van der Waals surface area contributed by atoms with Crippen molar-refractivity contribution in [2.75, 3.05) is 0 Å². The van der Waals surface area contributed by atoms with Gasteiger partial charge in [0, 0.05) is 5.57 Å². The van der Waals surface area contributed by atoms with Crippen LogP contribution in [0.25, 0.3) is 6.08 Å².